The maximum Gasteiger partial charge on any atom is 0.243 e. The molecule has 6 nitrogen and oxygen atoms in total. The highest BCUT2D eigenvalue weighted by molar-refractivity contribution is 7.98. The third kappa shape index (κ3) is 6.17. The van der Waals surface area contributed by atoms with Gasteiger partial charge in [0.15, 0.2) is 5.96 Å². The molecule has 1 heterocycles. The van der Waals surface area contributed by atoms with Crippen LogP contribution in [-0.2, 0) is 16.6 Å². The highest BCUT2D eigenvalue weighted by Gasteiger charge is 2.25. The van der Waals surface area contributed by atoms with Crippen molar-refractivity contribution in [3.63, 3.8) is 0 Å². The van der Waals surface area contributed by atoms with E-state index in [9.17, 15) is 8.42 Å². The van der Waals surface area contributed by atoms with E-state index in [2.05, 4.69) is 21.9 Å². The first-order valence-corrected chi connectivity index (χ1v) is 12.0. The molecule has 2 N–H and O–H groups in total. The van der Waals surface area contributed by atoms with Crippen LogP contribution < -0.4 is 10.6 Å². The van der Waals surface area contributed by atoms with E-state index in [0.29, 0.717) is 24.5 Å². The van der Waals surface area contributed by atoms with Crippen LogP contribution >= 0.6 is 11.8 Å². The summed E-state index contributed by atoms with van der Waals surface area (Å²) < 4.78 is 27.2. The van der Waals surface area contributed by atoms with Gasteiger partial charge < -0.3 is 10.6 Å². The van der Waals surface area contributed by atoms with Gasteiger partial charge >= 0.3 is 0 Å². The van der Waals surface area contributed by atoms with Crippen molar-refractivity contribution in [3.05, 3.63) is 29.8 Å². The quantitative estimate of drug-likeness (QED) is 0.399. The zero-order valence-electron chi connectivity index (χ0n) is 15.7. The average Bonchev–Trinajstić information content (AvgIpc) is 2.67. The first-order valence-electron chi connectivity index (χ1n) is 9.18. The van der Waals surface area contributed by atoms with Crippen molar-refractivity contribution in [2.75, 3.05) is 38.2 Å². The summed E-state index contributed by atoms with van der Waals surface area (Å²) in [7, 11) is -3.40. The van der Waals surface area contributed by atoms with Gasteiger partial charge in [0.25, 0.3) is 0 Å². The van der Waals surface area contributed by atoms with Gasteiger partial charge in [0, 0.05) is 31.9 Å². The molecule has 26 heavy (non-hydrogen) atoms. The number of benzene rings is 1. The summed E-state index contributed by atoms with van der Waals surface area (Å²) in [6.45, 7) is 5.34. The number of thioether (sulfide) groups is 1. The van der Waals surface area contributed by atoms with Gasteiger partial charge in [-0.3, -0.25) is 0 Å². The number of hydrogen-bond acceptors (Lipinski definition) is 4. The summed E-state index contributed by atoms with van der Waals surface area (Å²) >= 11 is 1.78. The first kappa shape index (κ1) is 21.1. The molecule has 0 aromatic heterocycles. The van der Waals surface area contributed by atoms with Gasteiger partial charge in [0.05, 0.1) is 11.4 Å². The van der Waals surface area contributed by atoms with E-state index in [1.54, 1.807) is 34.3 Å². The Morgan fingerprint density at radius 2 is 2.00 bits per heavy atom. The number of rotatable bonds is 8. The first-order chi connectivity index (χ1) is 12.6. The van der Waals surface area contributed by atoms with Crippen LogP contribution in [0.1, 0.15) is 31.7 Å². The van der Waals surface area contributed by atoms with Crippen molar-refractivity contribution >= 4 is 27.7 Å². The van der Waals surface area contributed by atoms with Crippen molar-refractivity contribution in [2.45, 2.75) is 37.6 Å². The Bertz CT molecular complexity index is 686. The highest BCUT2D eigenvalue weighted by Crippen LogP contribution is 2.21. The van der Waals surface area contributed by atoms with Gasteiger partial charge in [-0.15, -0.1) is 0 Å². The maximum atomic E-state index is 12.8. The topological polar surface area (TPSA) is 73.8 Å². The summed E-state index contributed by atoms with van der Waals surface area (Å²) in [5.74, 6) is 1.76. The van der Waals surface area contributed by atoms with Gasteiger partial charge in [-0.05, 0) is 43.7 Å². The molecular formula is C18H30N4O2S2. The largest absolute Gasteiger partial charge is 0.357 e. The SMILES string of the molecule is CCNC(=NCc1cccc(S(=O)(=O)N2CCCCC2)c1)NCCSC. The Kier molecular flexibility index (Phi) is 8.74. The summed E-state index contributed by atoms with van der Waals surface area (Å²) in [6.07, 6.45) is 5.06. The monoisotopic (exact) mass is 398 g/mol. The van der Waals surface area contributed by atoms with Crippen LogP contribution in [0.3, 0.4) is 0 Å². The molecule has 2 rings (SSSR count). The van der Waals surface area contributed by atoms with E-state index in [0.717, 1.165) is 49.6 Å². The Morgan fingerprint density at radius 1 is 1.23 bits per heavy atom. The van der Waals surface area contributed by atoms with E-state index >= 15 is 0 Å². The number of nitrogens with zero attached hydrogens (tertiary/aromatic N) is 2. The van der Waals surface area contributed by atoms with Crippen molar-refractivity contribution in [1.29, 1.82) is 0 Å². The number of nitrogens with one attached hydrogen (secondary N) is 2. The van der Waals surface area contributed by atoms with Crippen molar-refractivity contribution in [2.24, 2.45) is 4.99 Å². The molecule has 1 aromatic rings. The molecular weight excluding hydrogens is 368 g/mol. The lowest BCUT2D eigenvalue weighted by atomic mass is 10.2. The fraction of sp³-hybridized carbons (Fsp3) is 0.611. The lowest BCUT2D eigenvalue weighted by Crippen LogP contribution is -2.38. The molecule has 1 saturated heterocycles. The minimum atomic E-state index is -3.40. The molecule has 1 fully saturated rings. The molecule has 0 amide bonds. The van der Waals surface area contributed by atoms with Gasteiger partial charge in [-0.2, -0.15) is 16.1 Å². The fourth-order valence-electron chi connectivity index (χ4n) is 2.84. The van der Waals surface area contributed by atoms with Crippen LogP contribution in [0.25, 0.3) is 0 Å². The Labute approximate surface area is 161 Å². The van der Waals surface area contributed by atoms with Gasteiger partial charge in [-0.1, -0.05) is 18.6 Å². The lowest BCUT2D eigenvalue weighted by molar-refractivity contribution is 0.346. The number of hydrogen-bond donors (Lipinski definition) is 2. The second-order valence-corrected chi connectivity index (χ2v) is 9.15. The maximum absolute atomic E-state index is 12.8. The minimum Gasteiger partial charge on any atom is -0.357 e. The van der Waals surface area contributed by atoms with Gasteiger partial charge in [0.1, 0.15) is 0 Å². The van der Waals surface area contributed by atoms with Crippen LogP contribution in [0.4, 0.5) is 0 Å². The van der Waals surface area contributed by atoms with Gasteiger partial charge in [0.2, 0.25) is 10.0 Å². The molecule has 1 aliphatic heterocycles. The minimum absolute atomic E-state index is 0.368. The summed E-state index contributed by atoms with van der Waals surface area (Å²) in [5, 5.41) is 6.49. The van der Waals surface area contributed by atoms with Crippen molar-refractivity contribution in [1.82, 2.24) is 14.9 Å². The molecule has 0 atom stereocenters. The molecule has 146 valence electrons. The summed E-state index contributed by atoms with van der Waals surface area (Å²) in [5.41, 5.74) is 0.894. The molecule has 0 saturated carbocycles. The van der Waals surface area contributed by atoms with Crippen LogP contribution in [0.15, 0.2) is 34.2 Å². The molecule has 0 spiro atoms. The Balaban J connectivity index is 2.08. The second kappa shape index (κ2) is 10.8. The normalized spacial score (nSPS) is 16.5. The van der Waals surface area contributed by atoms with E-state index in [1.165, 1.54) is 0 Å². The number of piperidine rings is 1. The zero-order valence-corrected chi connectivity index (χ0v) is 17.3. The summed E-state index contributed by atoms with van der Waals surface area (Å²) in [4.78, 5) is 4.94. The Morgan fingerprint density at radius 3 is 2.69 bits per heavy atom. The highest BCUT2D eigenvalue weighted by atomic mass is 32.2. The standard InChI is InChI=1S/C18H30N4O2S2/c1-3-19-18(20-10-13-25-2)21-15-16-8-7-9-17(14-16)26(23,24)22-11-5-4-6-12-22/h7-9,14H,3-6,10-13,15H2,1-2H3,(H2,19,20,21). The molecule has 0 radical (unpaired) electrons. The Hall–Kier alpha value is -1.25. The van der Waals surface area contributed by atoms with E-state index in [1.807, 2.05) is 13.0 Å². The average molecular weight is 399 g/mol. The summed E-state index contributed by atoms with van der Waals surface area (Å²) in [6, 6.07) is 7.15. The van der Waals surface area contributed by atoms with Crippen LogP contribution in [0.5, 0.6) is 0 Å². The lowest BCUT2D eigenvalue weighted by Gasteiger charge is -2.26. The predicted molar refractivity (Wildman–Crippen MR) is 110 cm³/mol. The van der Waals surface area contributed by atoms with Crippen molar-refractivity contribution in [3.8, 4) is 0 Å². The molecule has 0 bridgehead atoms. The number of aliphatic imine (C=N–C) groups is 1. The third-order valence-electron chi connectivity index (χ3n) is 4.21. The van der Waals surface area contributed by atoms with E-state index in [-0.39, 0.29) is 0 Å². The smallest absolute Gasteiger partial charge is 0.243 e. The van der Waals surface area contributed by atoms with Crippen LogP contribution in [0, 0.1) is 0 Å². The van der Waals surface area contributed by atoms with Crippen LogP contribution in [0.2, 0.25) is 0 Å². The second-order valence-electron chi connectivity index (χ2n) is 6.23. The molecule has 1 aromatic carbocycles. The van der Waals surface area contributed by atoms with Crippen LogP contribution in [-0.4, -0.2) is 56.9 Å². The predicted octanol–water partition coefficient (Wildman–Crippen LogP) is 2.28. The van der Waals surface area contributed by atoms with E-state index in [4.69, 9.17) is 0 Å². The molecule has 0 unspecified atom stereocenters. The third-order valence-corrected chi connectivity index (χ3v) is 6.72. The molecule has 0 aliphatic carbocycles. The molecule has 1 aliphatic rings. The van der Waals surface area contributed by atoms with Crippen molar-refractivity contribution < 1.29 is 8.42 Å². The zero-order chi connectivity index (χ0) is 18.8. The molecule has 8 heteroatoms. The fourth-order valence-corrected chi connectivity index (χ4v) is 4.74. The van der Waals surface area contributed by atoms with Gasteiger partial charge in [-0.25, -0.2) is 13.4 Å². The number of sulfonamides is 1. The van der Waals surface area contributed by atoms with E-state index < -0.39 is 10.0 Å². The number of guanidine groups is 1.